The first-order valence-electron chi connectivity index (χ1n) is 9.12. The van der Waals surface area contributed by atoms with Gasteiger partial charge in [0.2, 0.25) is 5.91 Å². The zero-order valence-corrected chi connectivity index (χ0v) is 15.8. The largest absolute Gasteiger partial charge is 0.382 e. The van der Waals surface area contributed by atoms with Gasteiger partial charge in [-0.15, -0.1) is 0 Å². The molecule has 0 heterocycles. The van der Waals surface area contributed by atoms with Gasteiger partial charge in [-0.3, -0.25) is 4.79 Å². The SMILES string of the molecule is CCNC(=NCC(=O)N(CC)Cc1ccccc1)NCCCOCC. The van der Waals surface area contributed by atoms with Crippen LogP contribution in [0.5, 0.6) is 0 Å². The number of hydrogen-bond donors (Lipinski definition) is 2. The molecule has 6 nitrogen and oxygen atoms in total. The van der Waals surface area contributed by atoms with E-state index in [0.717, 1.165) is 38.3 Å². The summed E-state index contributed by atoms with van der Waals surface area (Å²) < 4.78 is 5.32. The van der Waals surface area contributed by atoms with E-state index in [9.17, 15) is 4.79 Å². The standard InChI is InChI=1S/C19H32N4O2/c1-4-20-19(21-13-10-14-25-6-3)22-15-18(24)23(5-2)16-17-11-8-7-9-12-17/h7-9,11-12H,4-6,10,13-16H2,1-3H3,(H2,20,21,22). The molecule has 1 aromatic rings. The van der Waals surface area contributed by atoms with Gasteiger partial charge in [-0.2, -0.15) is 0 Å². The summed E-state index contributed by atoms with van der Waals surface area (Å²) in [7, 11) is 0. The van der Waals surface area contributed by atoms with Gasteiger partial charge in [0.05, 0.1) is 0 Å². The van der Waals surface area contributed by atoms with Gasteiger partial charge in [-0.1, -0.05) is 30.3 Å². The van der Waals surface area contributed by atoms with Crippen LogP contribution in [-0.4, -0.2) is 56.2 Å². The van der Waals surface area contributed by atoms with Gasteiger partial charge >= 0.3 is 0 Å². The van der Waals surface area contributed by atoms with E-state index in [4.69, 9.17) is 4.74 Å². The van der Waals surface area contributed by atoms with Crippen LogP contribution >= 0.6 is 0 Å². The molecule has 0 unspecified atom stereocenters. The summed E-state index contributed by atoms with van der Waals surface area (Å²) in [5.74, 6) is 0.695. The van der Waals surface area contributed by atoms with Crippen molar-refractivity contribution in [3.05, 3.63) is 35.9 Å². The number of ether oxygens (including phenoxy) is 1. The predicted octanol–water partition coefficient (Wildman–Crippen LogP) is 2.02. The second-order valence-electron chi connectivity index (χ2n) is 5.57. The Morgan fingerprint density at radius 2 is 1.92 bits per heavy atom. The van der Waals surface area contributed by atoms with Gasteiger partial charge < -0.3 is 20.3 Å². The molecule has 0 atom stereocenters. The van der Waals surface area contributed by atoms with Crippen LogP contribution in [0.2, 0.25) is 0 Å². The van der Waals surface area contributed by atoms with Crippen molar-refractivity contribution >= 4 is 11.9 Å². The Morgan fingerprint density at radius 3 is 2.56 bits per heavy atom. The molecule has 0 aromatic heterocycles. The molecule has 1 amide bonds. The minimum absolute atomic E-state index is 0.0258. The molecule has 0 bridgehead atoms. The van der Waals surface area contributed by atoms with Crippen LogP contribution in [0, 0.1) is 0 Å². The van der Waals surface area contributed by atoms with Crippen molar-refractivity contribution in [1.82, 2.24) is 15.5 Å². The van der Waals surface area contributed by atoms with Crippen molar-refractivity contribution in [2.24, 2.45) is 4.99 Å². The number of carbonyl (C=O) groups is 1. The predicted molar refractivity (Wildman–Crippen MR) is 103 cm³/mol. The molecule has 0 fully saturated rings. The molecule has 6 heteroatoms. The summed E-state index contributed by atoms with van der Waals surface area (Å²) in [6.07, 6.45) is 0.904. The van der Waals surface area contributed by atoms with Crippen LogP contribution in [0.25, 0.3) is 0 Å². The molecule has 25 heavy (non-hydrogen) atoms. The van der Waals surface area contributed by atoms with E-state index in [1.165, 1.54) is 0 Å². The van der Waals surface area contributed by atoms with E-state index in [1.54, 1.807) is 0 Å². The van der Waals surface area contributed by atoms with Gasteiger partial charge in [0.1, 0.15) is 6.54 Å². The third kappa shape index (κ3) is 9.10. The molecule has 0 saturated carbocycles. The summed E-state index contributed by atoms with van der Waals surface area (Å²) in [5, 5.41) is 6.39. The molecule has 1 aromatic carbocycles. The fraction of sp³-hybridized carbons (Fsp3) is 0.579. The number of nitrogens with zero attached hydrogens (tertiary/aromatic N) is 2. The number of nitrogens with one attached hydrogen (secondary N) is 2. The van der Waals surface area contributed by atoms with Crippen molar-refractivity contribution in [3.63, 3.8) is 0 Å². The molecular formula is C19H32N4O2. The highest BCUT2D eigenvalue weighted by atomic mass is 16.5. The van der Waals surface area contributed by atoms with Gasteiger partial charge in [-0.25, -0.2) is 4.99 Å². The maximum absolute atomic E-state index is 12.4. The topological polar surface area (TPSA) is 66.0 Å². The first kappa shape index (κ1) is 21.0. The molecular weight excluding hydrogens is 316 g/mol. The first-order chi connectivity index (χ1) is 12.2. The van der Waals surface area contributed by atoms with E-state index < -0.39 is 0 Å². The summed E-state index contributed by atoms with van der Waals surface area (Å²) in [5.41, 5.74) is 1.13. The second kappa shape index (κ2) is 13.2. The lowest BCUT2D eigenvalue weighted by Gasteiger charge is -2.20. The Hall–Kier alpha value is -2.08. The third-order valence-corrected chi connectivity index (χ3v) is 3.63. The highest BCUT2D eigenvalue weighted by Crippen LogP contribution is 2.04. The Labute approximate surface area is 151 Å². The molecule has 0 saturated heterocycles. The van der Waals surface area contributed by atoms with E-state index in [0.29, 0.717) is 19.0 Å². The number of hydrogen-bond acceptors (Lipinski definition) is 3. The summed E-state index contributed by atoms with van der Waals surface area (Å²) in [6.45, 7) is 10.4. The average Bonchev–Trinajstić information content (AvgIpc) is 2.64. The number of rotatable bonds is 11. The van der Waals surface area contributed by atoms with Crippen LogP contribution in [-0.2, 0) is 16.1 Å². The lowest BCUT2D eigenvalue weighted by Crippen LogP contribution is -2.39. The van der Waals surface area contributed by atoms with Crippen LogP contribution in [0.1, 0.15) is 32.8 Å². The van der Waals surface area contributed by atoms with E-state index in [2.05, 4.69) is 15.6 Å². The molecule has 2 N–H and O–H groups in total. The molecule has 0 aliphatic heterocycles. The number of aliphatic imine (C=N–C) groups is 1. The van der Waals surface area contributed by atoms with Crippen molar-refractivity contribution in [1.29, 1.82) is 0 Å². The first-order valence-corrected chi connectivity index (χ1v) is 9.12. The zero-order valence-electron chi connectivity index (χ0n) is 15.8. The second-order valence-corrected chi connectivity index (χ2v) is 5.57. The van der Waals surface area contributed by atoms with E-state index in [-0.39, 0.29) is 12.5 Å². The average molecular weight is 348 g/mol. The Morgan fingerprint density at radius 1 is 1.16 bits per heavy atom. The van der Waals surface area contributed by atoms with Gasteiger partial charge in [-0.05, 0) is 32.8 Å². The van der Waals surface area contributed by atoms with E-state index >= 15 is 0 Å². The van der Waals surface area contributed by atoms with Crippen LogP contribution in [0.4, 0.5) is 0 Å². The smallest absolute Gasteiger partial charge is 0.244 e. The van der Waals surface area contributed by atoms with Crippen LogP contribution < -0.4 is 10.6 Å². The minimum Gasteiger partial charge on any atom is -0.382 e. The maximum atomic E-state index is 12.4. The Bertz CT molecular complexity index is 505. The molecule has 0 aliphatic rings. The molecule has 1 rings (SSSR count). The van der Waals surface area contributed by atoms with Gasteiger partial charge in [0, 0.05) is 39.4 Å². The maximum Gasteiger partial charge on any atom is 0.244 e. The fourth-order valence-electron chi connectivity index (χ4n) is 2.29. The van der Waals surface area contributed by atoms with Crippen LogP contribution in [0.15, 0.2) is 35.3 Å². The summed E-state index contributed by atoms with van der Waals surface area (Å²) >= 11 is 0. The number of carbonyl (C=O) groups excluding carboxylic acids is 1. The number of guanidine groups is 1. The molecule has 0 radical (unpaired) electrons. The minimum atomic E-state index is 0.0258. The van der Waals surface area contributed by atoms with Crippen molar-refractivity contribution < 1.29 is 9.53 Å². The summed E-state index contributed by atoms with van der Waals surface area (Å²) in [6, 6.07) is 10.0. The number of likely N-dealkylation sites (N-methyl/N-ethyl adjacent to an activating group) is 1. The lowest BCUT2D eigenvalue weighted by atomic mass is 10.2. The van der Waals surface area contributed by atoms with Crippen molar-refractivity contribution in [2.75, 3.05) is 39.4 Å². The number of amides is 1. The highest BCUT2D eigenvalue weighted by Gasteiger charge is 2.11. The highest BCUT2D eigenvalue weighted by molar-refractivity contribution is 5.84. The zero-order chi connectivity index (χ0) is 18.3. The van der Waals surface area contributed by atoms with Crippen molar-refractivity contribution in [2.45, 2.75) is 33.7 Å². The van der Waals surface area contributed by atoms with Gasteiger partial charge in [0.15, 0.2) is 5.96 Å². The van der Waals surface area contributed by atoms with Gasteiger partial charge in [0.25, 0.3) is 0 Å². The Kier molecular flexibility index (Phi) is 11.1. The third-order valence-electron chi connectivity index (χ3n) is 3.63. The van der Waals surface area contributed by atoms with Crippen molar-refractivity contribution in [3.8, 4) is 0 Å². The molecule has 140 valence electrons. The number of benzene rings is 1. The van der Waals surface area contributed by atoms with Crippen LogP contribution in [0.3, 0.4) is 0 Å². The van der Waals surface area contributed by atoms with E-state index in [1.807, 2.05) is 56.0 Å². The monoisotopic (exact) mass is 348 g/mol. The lowest BCUT2D eigenvalue weighted by molar-refractivity contribution is -0.130. The fourth-order valence-corrected chi connectivity index (χ4v) is 2.29. The normalized spacial score (nSPS) is 11.2. The molecule has 0 spiro atoms. The summed E-state index contributed by atoms with van der Waals surface area (Å²) in [4.78, 5) is 18.7. The molecule has 0 aliphatic carbocycles. The quantitative estimate of drug-likeness (QED) is 0.365. The Balaban J connectivity index is 2.49.